The second kappa shape index (κ2) is 6.23. The van der Waals surface area contributed by atoms with Crippen LogP contribution in [0.15, 0.2) is 0 Å². The van der Waals surface area contributed by atoms with Crippen molar-refractivity contribution in [1.29, 1.82) is 0 Å². The number of nitrogens with two attached hydrogens (primary N) is 1. The van der Waals surface area contributed by atoms with Gasteiger partial charge >= 0.3 is 0 Å². The Hall–Kier alpha value is -0.640. The summed E-state index contributed by atoms with van der Waals surface area (Å²) in [5.74, 6) is 0.995. The lowest BCUT2D eigenvalue weighted by molar-refractivity contribution is -0.146. The van der Waals surface area contributed by atoms with E-state index in [4.69, 9.17) is 18.0 Å². The first-order valence-corrected chi connectivity index (χ1v) is 9.17. The summed E-state index contributed by atoms with van der Waals surface area (Å²) in [4.78, 5) is 16.0. The average Bonchev–Trinajstić information content (AvgIpc) is 2.54. The third-order valence-electron chi connectivity index (χ3n) is 6.09. The van der Waals surface area contributed by atoms with E-state index in [9.17, 15) is 4.79 Å². The van der Waals surface area contributed by atoms with Crippen molar-refractivity contribution >= 4 is 23.1 Å². The summed E-state index contributed by atoms with van der Waals surface area (Å²) in [6.07, 6.45) is 12.7. The Kier molecular flexibility index (Phi) is 4.53. The van der Waals surface area contributed by atoms with Crippen molar-refractivity contribution in [2.75, 3.05) is 6.54 Å². The molecule has 0 aromatic rings. The number of carbonyl (C=O) groups is 1. The number of fused-ring (bicyclic) bond motifs is 1. The number of likely N-dealkylation sites (tertiary alicyclic amines) is 1. The molecule has 2 atom stereocenters. The van der Waals surface area contributed by atoms with Crippen LogP contribution in [0.3, 0.4) is 0 Å². The van der Waals surface area contributed by atoms with Gasteiger partial charge < -0.3 is 10.6 Å². The van der Waals surface area contributed by atoms with Crippen LogP contribution in [0.1, 0.15) is 70.6 Å². The van der Waals surface area contributed by atoms with Crippen molar-refractivity contribution < 1.29 is 4.79 Å². The average molecular weight is 308 g/mol. The van der Waals surface area contributed by atoms with Gasteiger partial charge in [-0.1, -0.05) is 44.3 Å². The monoisotopic (exact) mass is 308 g/mol. The van der Waals surface area contributed by atoms with Crippen LogP contribution in [0.4, 0.5) is 0 Å². The van der Waals surface area contributed by atoms with Crippen molar-refractivity contribution in [1.82, 2.24) is 4.90 Å². The Bertz CT molecular complexity index is 415. The highest BCUT2D eigenvalue weighted by Crippen LogP contribution is 2.42. The molecule has 0 radical (unpaired) electrons. The minimum atomic E-state index is -0.521. The largest absolute Gasteiger partial charge is 0.392 e. The first-order valence-electron chi connectivity index (χ1n) is 8.76. The number of hydrogen-bond acceptors (Lipinski definition) is 2. The third kappa shape index (κ3) is 2.71. The molecule has 2 saturated carbocycles. The molecule has 0 bridgehead atoms. The van der Waals surface area contributed by atoms with Crippen molar-refractivity contribution in [2.24, 2.45) is 17.1 Å². The van der Waals surface area contributed by atoms with Gasteiger partial charge in [-0.15, -0.1) is 0 Å². The summed E-state index contributed by atoms with van der Waals surface area (Å²) in [7, 11) is 0. The van der Waals surface area contributed by atoms with Crippen molar-refractivity contribution in [3.63, 3.8) is 0 Å². The van der Waals surface area contributed by atoms with Crippen LogP contribution in [-0.4, -0.2) is 28.4 Å². The Balaban J connectivity index is 1.83. The molecule has 2 N–H and O–H groups in total. The number of amides is 1. The quantitative estimate of drug-likeness (QED) is 0.795. The number of hydrogen-bond donors (Lipinski definition) is 1. The van der Waals surface area contributed by atoms with Crippen LogP contribution in [0.5, 0.6) is 0 Å². The Morgan fingerprint density at radius 1 is 1.00 bits per heavy atom. The zero-order valence-electron chi connectivity index (χ0n) is 13.0. The Labute approximate surface area is 133 Å². The number of carbonyl (C=O) groups excluding carboxylic acids is 1. The molecule has 1 amide bonds. The molecule has 3 rings (SSSR count). The molecule has 0 unspecified atom stereocenters. The fourth-order valence-electron chi connectivity index (χ4n) is 4.87. The van der Waals surface area contributed by atoms with Gasteiger partial charge in [0.25, 0.3) is 0 Å². The summed E-state index contributed by atoms with van der Waals surface area (Å²) >= 11 is 5.35. The molecule has 3 aliphatic rings. The van der Waals surface area contributed by atoms with Crippen molar-refractivity contribution in [3.8, 4) is 0 Å². The second-order valence-electron chi connectivity index (χ2n) is 7.26. The minimum Gasteiger partial charge on any atom is -0.392 e. The van der Waals surface area contributed by atoms with Gasteiger partial charge in [0.05, 0.1) is 10.4 Å². The molecule has 1 saturated heterocycles. The van der Waals surface area contributed by atoms with E-state index in [1.54, 1.807) is 0 Å². The van der Waals surface area contributed by atoms with Gasteiger partial charge in [-0.3, -0.25) is 4.79 Å². The minimum absolute atomic E-state index is 0.270. The van der Waals surface area contributed by atoms with E-state index >= 15 is 0 Å². The first-order chi connectivity index (χ1) is 10.1. The molecule has 0 aromatic carbocycles. The van der Waals surface area contributed by atoms with Crippen LogP contribution >= 0.6 is 12.2 Å². The highest BCUT2D eigenvalue weighted by molar-refractivity contribution is 7.80. The van der Waals surface area contributed by atoms with E-state index in [0.717, 1.165) is 44.6 Å². The molecule has 118 valence electrons. The molecule has 0 aromatic heterocycles. The molecule has 0 spiro atoms. The maximum absolute atomic E-state index is 13.3. The topological polar surface area (TPSA) is 46.3 Å². The molecule has 3 fully saturated rings. The molecule has 3 nitrogen and oxygen atoms in total. The maximum atomic E-state index is 13.3. The van der Waals surface area contributed by atoms with Crippen LogP contribution in [0, 0.1) is 11.3 Å². The molecular formula is C17H28N2OS. The first kappa shape index (κ1) is 15.3. The highest BCUT2D eigenvalue weighted by Gasteiger charge is 2.48. The summed E-state index contributed by atoms with van der Waals surface area (Å²) < 4.78 is 0. The summed E-state index contributed by atoms with van der Waals surface area (Å²) in [6.45, 7) is 0.921. The normalized spacial score (nSPS) is 32.3. The number of piperidine rings is 1. The molecule has 1 heterocycles. The zero-order valence-corrected chi connectivity index (χ0v) is 13.8. The highest BCUT2D eigenvalue weighted by atomic mass is 32.1. The lowest BCUT2D eigenvalue weighted by atomic mass is 9.71. The van der Waals surface area contributed by atoms with Gasteiger partial charge in [0.1, 0.15) is 0 Å². The van der Waals surface area contributed by atoms with Gasteiger partial charge in [-0.25, -0.2) is 0 Å². The van der Waals surface area contributed by atoms with Gasteiger partial charge in [-0.05, 0) is 44.4 Å². The summed E-state index contributed by atoms with van der Waals surface area (Å²) in [5.41, 5.74) is 5.54. The summed E-state index contributed by atoms with van der Waals surface area (Å²) in [6, 6.07) is 0.466. The van der Waals surface area contributed by atoms with Gasteiger partial charge in [0.15, 0.2) is 0 Å². The third-order valence-corrected chi connectivity index (χ3v) is 6.48. The van der Waals surface area contributed by atoms with E-state index in [0.29, 0.717) is 11.0 Å². The predicted octanol–water partition coefficient (Wildman–Crippen LogP) is 3.40. The van der Waals surface area contributed by atoms with E-state index in [2.05, 4.69) is 4.90 Å². The van der Waals surface area contributed by atoms with E-state index < -0.39 is 5.41 Å². The fraction of sp³-hybridized carbons (Fsp3) is 0.882. The van der Waals surface area contributed by atoms with Crippen molar-refractivity contribution in [3.05, 3.63) is 0 Å². The number of nitrogens with zero attached hydrogens (tertiary/aromatic N) is 1. The smallest absolute Gasteiger partial charge is 0.235 e. The van der Waals surface area contributed by atoms with E-state index in [1.165, 1.54) is 38.5 Å². The van der Waals surface area contributed by atoms with Crippen LogP contribution < -0.4 is 5.73 Å². The Morgan fingerprint density at radius 3 is 2.38 bits per heavy atom. The molecule has 4 heteroatoms. The van der Waals surface area contributed by atoms with Crippen molar-refractivity contribution in [2.45, 2.75) is 76.7 Å². The lowest BCUT2D eigenvalue weighted by Gasteiger charge is -2.48. The predicted molar refractivity (Wildman–Crippen MR) is 89.0 cm³/mol. The van der Waals surface area contributed by atoms with E-state index in [1.807, 2.05) is 0 Å². The second-order valence-corrected chi connectivity index (χ2v) is 7.70. The van der Waals surface area contributed by atoms with Gasteiger partial charge in [0.2, 0.25) is 5.91 Å². The van der Waals surface area contributed by atoms with Gasteiger partial charge in [0, 0.05) is 12.6 Å². The summed E-state index contributed by atoms with van der Waals surface area (Å²) in [5, 5.41) is 0. The molecule has 1 aliphatic heterocycles. The maximum Gasteiger partial charge on any atom is 0.235 e. The number of rotatable bonds is 2. The zero-order chi connectivity index (χ0) is 14.9. The van der Waals surface area contributed by atoms with Gasteiger partial charge in [-0.2, -0.15) is 0 Å². The van der Waals surface area contributed by atoms with E-state index in [-0.39, 0.29) is 5.91 Å². The molecular weight excluding hydrogens is 280 g/mol. The van der Waals surface area contributed by atoms with Crippen LogP contribution in [-0.2, 0) is 4.79 Å². The van der Waals surface area contributed by atoms with Crippen LogP contribution in [0.2, 0.25) is 0 Å². The fourth-order valence-corrected chi connectivity index (χ4v) is 5.16. The lowest BCUT2D eigenvalue weighted by Crippen LogP contribution is -2.58. The number of thiocarbonyl (C=S) groups is 1. The SMILES string of the molecule is NC(=S)C1(C(=O)N2CCC[C@H]3CCCC[C@H]32)CCCCC1. The standard InChI is InChI=1S/C17H28N2OS/c18-15(21)17(10-4-1-5-11-17)16(20)19-12-6-8-13-7-2-3-9-14(13)19/h13-14H,1-12H2,(H2,18,21)/t13-,14-/m1/s1. The molecule has 21 heavy (non-hydrogen) atoms. The Morgan fingerprint density at radius 2 is 1.67 bits per heavy atom. The molecule has 2 aliphatic carbocycles. The van der Waals surface area contributed by atoms with Crippen LogP contribution in [0.25, 0.3) is 0 Å².